The van der Waals surface area contributed by atoms with Gasteiger partial charge in [0.25, 0.3) is 0 Å². The van der Waals surface area contributed by atoms with Gasteiger partial charge in [-0.15, -0.1) is 0 Å². The summed E-state index contributed by atoms with van der Waals surface area (Å²) in [7, 11) is 3.42. The Kier molecular flexibility index (Phi) is 3.89. The van der Waals surface area contributed by atoms with E-state index >= 15 is 0 Å². The summed E-state index contributed by atoms with van der Waals surface area (Å²) in [6, 6.07) is 16.9. The van der Waals surface area contributed by atoms with Crippen LogP contribution in [0.2, 0.25) is 0 Å². The van der Waals surface area contributed by atoms with Crippen molar-refractivity contribution in [1.82, 2.24) is 0 Å². The van der Waals surface area contributed by atoms with E-state index in [9.17, 15) is 0 Å². The van der Waals surface area contributed by atoms with Crippen LogP contribution in [0.1, 0.15) is 24.0 Å². The highest BCUT2D eigenvalue weighted by Crippen LogP contribution is 2.47. The first-order chi connectivity index (χ1) is 11.8. The molecule has 0 saturated heterocycles. The van der Waals surface area contributed by atoms with Gasteiger partial charge in [0.2, 0.25) is 0 Å². The molecule has 2 aromatic rings. The second-order valence-electron chi connectivity index (χ2n) is 6.49. The van der Waals surface area contributed by atoms with Gasteiger partial charge >= 0.3 is 0 Å². The predicted octanol–water partition coefficient (Wildman–Crippen LogP) is 5.21. The minimum atomic E-state index is 0.514. The highest BCUT2D eigenvalue weighted by molar-refractivity contribution is 5.82. The third-order valence-electron chi connectivity index (χ3n) is 5.20. The van der Waals surface area contributed by atoms with Crippen LogP contribution in [0, 0.1) is 11.8 Å². The predicted molar refractivity (Wildman–Crippen MR) is 98.2 cm³/mol. The average molecular weight is 318 g/mol. The molecule has 0 radical (unpaired) electrons. The molecular formula is C22H22O2. The molecule has 0 heterocycles. The van der Waals surface area contributed by atoms with Crippen LogP contribution in [0.25, 0.3) is 11.1 Å². The van der Waals surface area contributed by atoms with Crippen molar-refractivity contribution in [2.75, 3.05) is 14.2 Å². The summed E-state index contributed by atoms with van der Waals surface area (Å²) in [5.74, 6) is 2.85. The summed E-state index contributed by atoms with van der Waals surface area (Å²) < 4.78 is 10.5. The zero-order chi connectivity index (χ0) is 16.5. The smallest absolute Gasteiger partial charge is 0.118 e. The number of rotatable bonds is 4. The van der Waals surface area contributed by atoms with Gasteiger partial charge in [0, 0.05) is 11.8 Å². The molecule has 2 aromatic carbocycles. The third-order valence-corrected chi connectivity index (χ3v) is 5.20. The lowest BCUT2D eigenvalue weighted by Crippen LogP contribution is -2.20. The summed E-state index contributed by atoms with van der Waals surface area (Å²) in [6.45, 7) is 0. The molecule has 2 nitrogen and oxygen atoms in total. The molecule has 0 aliphatic heterocycles. The summed E-state index contributed by atoms with van der Waals surface area (Å²) in [5, 5.41) is 0. The summed E-state index contributed by atoms with van der Waals surface area (Å²) in [6.07, 6.45) is 7.41. The first-order valence-corrected chi connectivity index (χ1v) is 8.51. The second-order valence-corrected chi connectivity index (χ2v) is 6.49. The van der Waals surface area contributed by atoms with Crippen LogP contribution in [-0.2, 0) is 0 Å². The van der Waals surface area contributed by atoms with E-state index in [0.717, 1.165) is 11.5 Å². The lowest BCUT2D eigenvalue weighted by atomic mass is 9.69. The van der Waals surface area contributed by atoms with Crippen molar-refractivity contribution in [2.24, 2.45) is 11.8 Å². The molecule has 2 bridgehead atoms. The molecule has 0 N–H and O–H groups in total. The van der Waals surface area contributed by atoms with Crippen LogP contribution >= 0.6 is 0 Å². The number of ether oxygens (including phenoxy) is 2. The molecule has 3 aliphatic rings. The Bertz CT molecular complexity index is 712. The highest BCUT2D eigenvalue weighted by Gasteiger charge is 2.31. The van der Waals surface area contributed by atoms with Crippen LogP contribution in [0.15, 0.2) is 60.7 Å². The minimum Gasteiger partial charge on any atom is -0.497 e. The Balaban J connectivity index is 1.62. The molecule has 2 heteroatoms. The molecule has 0 spiro atoms. The zero-order valence-corrected chi connectivity index (χ0v) is 14.2. The van der Waals surface area contributed by atoms with Gasteiger partial charge in [-0.1, -0.05) is 36.4 Å². The van der Waals surface area contributed by atoms with E-state index in [1.807, 2.05) is 24.3 Å². The topological polar surface area (TPSA) is 18.5 Å². The van der Waals surface area contributed by atoms with E-state index < -0.39 is 0 Å². The van der Waals surface area contributed by atoms with Gasteiger partial charge in [-0.2, -0.15) is 0 Å². The van der Waals surface area contributed by atoms with Crippen molar-refractivity contribution in [3.63, 3.8) is 0 Å². The van der Waals surface area contributed by atoms with Crippen molar-refractivity contribution in [1.29, 1.82) is 0 Å². The molecule has 2 atom stereocenters. The second kappa shape index (κ2) is 6.20. The van der Waals surface area contributed by atoms with Gasteiger partial charge in [0.05, 0.1) is 14.2 Å². The molecule has 0 fully saturated rings. The Hall–Kier alpha value is -2.48. The van der Waals surface area contributed by atoms with Gasteiger partial charge < -0.3 is 9.47 Å². The van der Waals surface area contributed by atoms with E-state index in [1.165, 1.54) is 35.1 Å². The molecule has 0 aromatic heterocycles. The van der Waals surface area contributed by atoms with Gasteiger partial charge in [0.1, 0.15) is 11.5 Å². The highest BCUT2D eigenvalue weighted by atomic mass is 16.5. The van der Waals surface area contributed by atoms with Gasteiger partial charge in [-0.3, -0.25) is 0 Å². The van der Waals surface area contributed by atoms with Crippen molar-refractivity contribution < 1.29 is 9.47 Å². The van der Waals surface area contributed by atoms with Crippen LogP contribution in [0.4, 0.5) is 0 Å². The summed E-state index contributed by atoms with van der Waals surface area (Å²) in [5.41, 5.74) is 5.56. The molecule has 5 rings (SSSR count). The molecule has 24 heavy (non-hydrogen) atoms. The number of benzene rings is 2. The SMILES string of the molecule is COc1ccc(C2=C[C@@H]3CC[C@H]2C=C3c2ccc(OC)cc2)cc1. The molecule has 0 saturated carbocycles. The maximum atomic E-state index is 5.27. The standard InChI is InChI=1S/C22H22O2/c1-23-19-9-5-15(6-10-19)21-13-18-4-3-17(21)14-22(18)16-7-11-20(24-2)12-8-16/h5-14,17-18H,3-4H2,1-2H3/t17-,18-/m0/s1. The van der Waals surface area contributed by atoms with Gasteiger partial charge in [-0.05, 0) is 59.4 Å². The zero-order valence-electron chi connectivity index (χ0n) is 14.2. The van der Waals surface area contributed by atoms with Crippen molar-refractivity contribution in [3.05, 3.63) is 71.8 Å². The average Bonchev–Trinajstić information content (AvgIpc) is 2.68. The lowest BCUT2D eigenvalue weighted by molar-refractivity contribution is 0.414. The van der Waals surface area contributed by atoms with E-state index in [4.69, 9.17) is 9.47 Å². The largest absolute Gasteiger partial charge is 0.497 e. The van der Waals surface area contributed by atoms with Gasteiger partial charge in [0.15, 0.2) is 0 Å². The first kappa shape index (κ1) is 15.1. The maximum absolute atomic E-state index is 5.27. The Labute approximate surface area is 143 Å². The first-order valence-electron chi connectivity index (χ1n) is 8.51. The molecule has 122 valence electrons. The monoisotopic (exact) mass is 318 g/mol. The van der Waals surface area contributed by atoms with Crippen LogP contribution in [-0.4, -0.2) is 14.2 Å². The molecular weight excluding hydrogens is 296 g/mol. The Morgan fingerprint density at radius 2 is 1.00 bits per heavy atom. The molecule has 0 amide bonds. The van der Waals surface area contributed by atoms with E-state index in [0.29, 0.717) is 11.8 Å². The fraction of sp³-hybridized carbons (Fsp3) is 0.273. The normalized spacial score (nSPS) is 21.9. The quantitative estimate of drug-likeness (QED) is 0.770. The van der Waals surface area contributed by atoms with Crippen molar-refractivity contribution in [2.45, 2.75) is 12.8 Å². The summed E-state index contributed by atoms with van der Waals surface area (Å²) >= 11 is 0. The van der Waals surface area contributed by atoms with Crippen LogP contribution in [0.5, 0.6) is 11.5 Å². The summed E-state index contributed by atoms with van der Waals surface area (Å²) in [4.78, 5) is 0. The number of methoxy groups -OCH3 is 2. The van der Waals surface area contributed by atoms with Gasteiger partial charge in [-0.25, -0.2) is 0 Å². The Morgan fingerprint density at radius 1 is 0.625 bits per heavy atom. The van der Waals surface area contributed by atoms with E-state index in [-0.39, 0.29) is 0 Å². The Morgan fingerprint density at radius 3 is 1.29 bits per heavy atom. The lowest BCUT2D eigenvalue weighted by Gasteiger charge is -2.35. The number of allylic oxidation sites excluding steroid dienone is 4. The number of fused-ring (bicyclic) bond motifs is 1. The van der Waals surface area contributed by atoms with E-state index in [2.05, 4.69) is 36.4 Å². The minimum absolute atomic E-state index is 0.514. The van der Waals surface area contributed by atoms with Crippen LogP contribution in [0.3, 0.4) is 0 Å². The van der Waals surface area contributed by atoms with Crippen molar-refractivity contribution >= 4 is 11.1 Å². The van der Waals surface area contributed by atoms with Crippen LogP contribution < -0.4 is 9.47 Å². The van der Waals surface area contributed by atoms with Crippen molar-refractivity contribution in [3.8, 4) is 11.5 Å². The fourth-order valence-electron chi connectivity index (χ4n) is 3.88. The maximum Gasteiger partial charge on any atom is 0.118 e. The number of hydrogen-bond donors (Lipinski definition) is 0. The molecule has 0 unspecified atom stereocenters. The molecule has 3 aliphatic carbocycles. The van der Waals surface area contributed by atoms with E-state index in [1.54, 1.807) is 14.2 Å². The number of hydrogen-bond acceptors (Lipinski definition) is 2. The third kappa shape index (κ3) is 2.62. The fourth-order valence-corrected chi connectivity index (χ4v) is 3.88.